The van der Waals surface area contributed by atoms with Gasteiger partial charge in [-0.2, -0.15) is 0 Å². The van der Waals surface area contributed by atoms with Crippen LogP contribution in [-0.4, -0.2) is 28.9 Å². The monoisotopic (exact) mass is 325 g/mol. The van der Waals surface area contributed by atoms with E-state index >= 15 is 0 Å². The van der Waals surface area contributed by atoms with Crippen LogP contribution in [0.4, 0.5) is 11.5 Å². The number of para-hydroxylation sites is 1. The maximum Gasteiger partial charge on any atom is 0.254 e. The molecule has 0 bridgehead atoms. The minimum Gasteiger partial charge on any atom is -0.340 e. The van der Waals surface area contributed by atoms with E-state index < -0.39 is 0 Å². The minimum atomic E-state index is 0.0747. The lowest BCUT2D eigenvalue weighted by atomic mass is 10.1. The van der Waals surface area contributed by atoms with Crippen LogP contribution < -0.4 is 5.32 Å². The summed E-state index contributed by atoms with van der Waals surface area (Å²) in [6.07, 6.45) is 3.62. The van der Waals surface area contributed by atoms with Crippen molar-refractivity contribution in [3.63, 3.8) is 0 Å². The van der Waals surface area contributed by atoms with Gasteiger partial charge >= 0.3 is 0 Å². The molecule has 128 valence electrons. The first kappa shape index (κ1) is 18.0. The average Bonchev–Trinajstić information content (AvgIpc) is 2.58. The number of pyridine rings is 1. The zero-order chi connectivity index (χ0) is 17.5. The molecule has 24 heavy (non-hydrogen) atoms. The molecule has 0 saturated heterocycles. The second-order valence-electron chi connectivity index (χ2n) is 6.11. The van der Waals surface area contributed by atoms with Crippen molar-refractivity contribution in [2.75, 3.05) is 18.4 Å². The van der Waals surface area contributed by atoms with Gasteiger partial charge in [-0.15, -0.1) is 0 Å². The molecule has 1 heterocycles. The Kier molecular flexibility index (Phi) is 6.36. The van der Waals surface area contributed by atoms with Crippen molar-refractivity contribution < 1.29 is 4.79 Å². The van der Waals surface area contributed by atoms with Crippen molar-refractivity contribution in [2.45, 2.75) is 40.5 Å². The van der Waals surface area contributed by atoms with Crippen LogP contribution in [0, 0.1) is 13.8 Å². The van der Waals surface area contributed by atoms with Crippen LogP contribution in [0.15, 0.2) is 36.5 Å². The summed E-state index contributed by atoms with van der Waals surface area (Å²) < 4.78 is 0. The fourth-order valence-electron chi connectivity index (χ4n) is 2.81. The third-order valence-electron chi connectivity index (χ3n) is 4.02. The maximum atomic E-state index is 12.7. The van der Waals surface area contributed by atoms with Gasteiger partial charge in [0.25, 0.3) is 5.91 Å². The Balaban J connectivity index is 2.23. The number of aromatic nitrogens is 1. The van der Waals surface area contributed by atoms with Gasteiger partial charge in [0.15, 0.2) is 0 Å². The number of aryl methyl sites for hydroxylation is 2. The zero-order valence-corrected chi connectivity index (χ0v) is 15.1. The molecular weight excluding hydrogens is 298 g/mol. The molecule has 0 radical (unpaired) electrons. The SMILES string of the molecule is CCCN(CCC)C(=O)c1ccnc(Nc2c(C)cccc2C)c1. The van der Waals surface area contributed by atoms with E-state index in [1.165, 1.54) is 0 Å². The molecule has 2 rings (SSSR count). The predicted molar refractivity (Wildman–Crippen MR) is 99.9 cm³/mol. The molecule has 0 aliphatic rings. The fourth-order valence-corrected chi connectivity index (χ4v) is 2.81. The van der Waals surface area contributed by atoms with Gasteiger partial charge in [0, 0.05) is 30.5 Å². The number of carbonyl (C=O) groups excluding carboxylic acids is 1. The molecule has 2 aromatic rings. The van der Waals surface area contributed by atoms with E-state index in [2.05, 4.69) is 50.1 Å². The Morgan fingerprint density at radius 3 is 2.29 bits per heavy atom. The molecule has 0 unspecified atom stereocenters. The Labute approximate surface area is 144 Å². The van der Waals surface area contributed by atoms with Crippen LogP contribution in [-0.2, 0) is 0 Å². The molecule has 4 heteroatoms. The van der Waals surface area contributed by atoms with Crippen molar-refractivity contribution in [3.8, 4) is 0 Å². The van der Waals surface area contributed by atoms with E-state index in [0.29, 0.717) is 11.4 Å². The first-order chi connectivity index (χ1) is 11.6. The van der Waals surface area contributed by atoms with E-state index in [1.54, 1.807) is 12.3 Å². The highest BCUT2D eigenvalue weighted by atomic mass is 16.2. The third-order valence-corrected chi connectivity index (χ3v) is 4.02. The summed E-state index contributed by atoms with van der Waals surface area (Å²) in [5, 5.41) is 3.36. The molecule has 1 aromatic carbocycles. The molecule has 0 fully saturated rings. The summed E-state index contributed by atoms with van der Waals surface area (Å²) >= 11 is 0. The normalized spacial score (nSPS) is 10.5. The first-order valence-electron chi connectivity index (χ1n) is 8.65. The second-order valence-corrected chi connectivity index (χ2v) is 6.11. The van der Waals surface area contributed by atoms with Crippen molar-refractivity contribution >= 4 is 17.4 Å². The lowest BCUT2D eigenvalue weighted by Crippen LogP contribution is -2.32. The average molecular weight is 325 g/mol. The molecular formula is C20H27N3O. The Morgan fingerprint density at radius 2 is 1.71 bits per heavy atom. The summed E-state index contributed by atoms with van der Waals surface area (Å²) in [4.78, 5) is 19.0. The molecule has 1 aromatic heterocycles. The molecule has 4 nitrogen and oxygen atoms in total. The van der Waals surface area contributed by atoms with Gasteiger partial charge in [0.2, 0.25) is 0 Å². The number of amides is 1. The number of anilines is 2. The molecule has 0 atom stereocenters. The van der Waals surface area contributed by atoms with Gasteiger partial charge in [-0.25, -0.2) is 4.98 Å². The van der Waals surface area contributed by atoms with Crippen LogP contribution in [0.2, 0.25) is 0 Å². The van der Waals surface area contributed by atoms with Crippen molar-refractivity contribution in [3.05, 3.63) is 53.2 Å². The number of benzene rings is 1. The predicted octanol–water partition coefficient (Wildman–Crippen LogP) is 4.70. The standard InChI is InChI=1S/C20H27N3O/c1-5-12-23(13-6-2)20(24)17-10-11-21-18(14-17)22-19-15(3)8-7-9-16(19)4/h7-11,14H,5-6,12-13H2,1-4H3,(H,21,22). The molecule has 0 saturated carbocycles. The molecule has 1 amide bonds. The van der Waals surface area contributed by atoms with Crippen LogP contribution in [0.1, 0.15) is 48.2 Å². The van der Waals surface area contributed by atoms with E-state index in [4.69, 9.17) is 0 Å². The highest BCUT2D eigenvalue weighted by Gasteiger charge is 2.15. The number of nitrogens with one attached hydrogen (secondary N) is 1. The zero-order valence-electron chi connectivity index (χ0n) is 15.1. The van der Waals surface area contributed by atoms with Crippen molar-refractivity contribution in [2.24, 2.45) is 0 Å². The Morgan fingerprint density at radius 1 is 1.08 bits per heavy atom. The molecule has 1 N–H and O–H groups in total. The summed E-state index contributed by atoms with van der Waals surface area (Å²) in [5.41, 5.74) is 4.05. The number of hydrogen-bond donors (Lipinski definition) is 1. The van der Waals surface area contributed by atoms with Crippen molar-refractivity contribution in [1.82, 2.24) is 9.88 Å². The Hall–Kier alpha value is -2.36. The lowest BCUT2D eigenvalue weighted by Gasteiger charge is -2.21. The van der Waals surface area contributed by atoms with Crippen molar-refractivity contribution in [1.29, 1.82) is 0 Å². The second kappa shape index (κ2) is 8.48. The highest BCUT2D eigenvalue weighted by molar-refractivity contribution is 5.95. The van der Waals surface area contributed by atoms with Gasteiger partial charge < -0.3 is 10.2 Å². The smallest absolute Gasteiger partial charge is 0.254 e. The summed E-state index contributed by atoms with van der Waals surface area (Å²) in [6, 6.07) is 9.79. The third kappa shape index (κ3) is 4.34. The van der Waals surface area contributed by atoms with Gasteiger partial charge in [-0.05, 0) is 49.9 Å². The Bertz CT molecular complexity index is 671. The number of carbonyl (C=O) groups is 1. The highest BCUT2D eigenvalue weighted by Crippen LogP contribution is 2.23. The van der Waals surface area contributed by atoms with E-state index in [-0.39, 0.29) is 5.91 Å². The largest absolute Gasteiger partial charge is 0.340 e. The van der Waals surface area contributed by atoms with Gasteiger partial charge in [0.1, 0.15) is 5.82 Å². The van der Waals surface area contributed by atoms with Gasteiger partial charge in [0.05, 0.1) is 0 Å². The molecule has 0 spiro atoms. The molecule has 0 aliphatic carbocycles. The fraction of sp³-hybridized carbons (Fsp3) is 0.400. The number of rotatable bonds is 7. The topological polar surface area (TPSA) is 45.2 Å². The van der Waals surface area contributed by atoms with Gasteiger partial charge in [-0.3, -0.25) is 4.79 Å². The number of nitrogens with zero attached hydrogens (tertiary/aromatic N) is 2. The van der Waals surface area contributed by atoms with Crippen LogP contribution in [0.5, 0.6) is 0 Å². The lowest BCUT2D eigenvalue weighted by molar-refractivity contribution is 0.0755. The summed E-state index contributed by atoms with van der Waals surface area (Å²) in [5.74, 6) is 0.775. The van der Waals surface area contributed by atoms with Gasteiger partial charge in [-0.1, -0.05) is 32.0 Å². The summed E-state index contributed by atoms with van der Waals surface area (Å²) in [6.45, 7) is 9.89. The van der Waals surface area contributed by atoms with E-state index in [1.807, 2.05) is 17.0 Å². The number of hydrogen-bond acceptors (Lipinski definition) is 3. The van der Waals surface area contributed by atoms with E-state index in [0.717, 1.165) is 42.7 Å². The maximum absolute atomic E-state index is 12.7. The van der Waals surface area contributed by atoms with E-state index in [9.17, 15) is 4.79 Å². The van der Waals surface area contributed by atoms with Crippen LogP contribution >= 0.6 is 0 Å². The quantitative estimate of drug-likeness (QED) is 0.802. The summed E-state index contributed by atoms with van der Waals surface area (Å²) in [7, 11) is 0. The van der Waals surface area contributed by atoms with Crippen LogP contribution in [0.3, 0.4) is 0 Å². The van der Waals surface area contributed by atoms with Crippen LogP contribution in [0.25, 0.3) is 0 Å². The minimum absolute atomic E-state index is 0.0747. The first-order valence-corrected chi connectivity index (χ1v) is 8.65. The molecule has 0 aliphatic heterocycles.